The summed E-state index contributed by atoms with van der Waals surface area (Å²) in [6, 6.07) is 12.4. The summed E-state index contributed by atoms with van der Waals surface area (Å²) in [6.45, 7) is 4.63. The van der Waals surface area contributed by atoms with Crippen molar-refractivity contribution in [3.8, 4) is 10.6 Å². The average Bonchev–Trinajstić information content (AvgIpc) is 3.30. The van der Waals surface area contributed by atoms with Crippen molar-refractivity contribution in [2.45, 2.75) is 31.4 Å². The van der Waals surface area contributed by atoms with Crippen molar-refractivity contribution >= 4 is 40.3 Å². The Bertz CT molecular complexity index is 810. The summed E-state index contributed by atoms with van der Waals surface area (Å²) in [4.78, 5) is 18.0. The zero-order valence-electron chi connectivity index (χ0n) is 14.2. The summed E-state index contributed by atoms with van der Waals surface area (Å²) in [5.74, 6) is 0.822. The zero-order valence-corrected chi connectivity index (χ0v) is 16.6. The quantitative estimate of drug-likeness (QED) is 0.611. The molecule has 130 valence electrons. The minimum absolute atomic E-state index is 0.0763. The smallest absolute Gasteiger partial charge is 0.233 e. The highest BCUT2D eigenvalue weighted by Gasteiger charge is 2.14. The summed E-state index contributed by atoms with van der Waals surface area (Å²) >= 11 is 4.93. The van der Waals surface area contributed by atoms with E-state index in [0.717, 1.165) is 22.0 Å². The molecule has 2 heterocycles. The van der Waals surface area contributed by atoms with Gasteiger partial charge in [-0.25, -0.2) is 4.98 Å². The Morgan fingerprint density at radius 3 is 2.76 bits per heavy atom. The average molecular weight is 389 g/mol. The minimum Gasteiger partial charge on any atom is -0.350 e. The van der Waals surface area contributed by atoms with E-state index in [9.17, 15) is 4.79 Å². The molecule has 0 spiro atoms. The van der Waals surface area contributed by atoms with Gasteiger partial charge in [-0.2, -0.15) is 0 Å². The number of amides is 1. The maximum absolute atomic E-state index is 12.2. The third-order valence-corrected chi connectivity index (χ3v) is 6.71. The number of rotatable bonds is 7. The van der Waals surface area contributed by atoms with Crippen LogP contribution in [-0.2, 0) is 17.1 Å². The molecule has 25 heavy (non-hydrogen) atoms. The molecular weight excluding hydrogens is 368 g/mol. The molecule has 0 saturated heterocycles. The van der Waals surface area contributed by atoms with Crippen LogP contribution >= 0.6 is 34.4 Å². The lowest BCUT2D eigenvalue weighted by atomic mass is 10.2. The molecule has 1 amide bonds. The molecule has 0 aliphatic carbocycles. The Hall–Kier alpha value is -1.63. The highest BCUT2D eigenvalue weighted by Crippen LogP contribution is 2.26. The van der Waals surface area contributed by atoms with E-state index in [2.05, 4.69) is 41.9 Å². The number of benzene rings is 1. The first-order valence-electron chi connectivity index (χ1n) is 8.05. The fourth-order valence-electron chi connectivity index (χ4n) is 2.22. The van der Waals surface area contributed by atoms with Crippen molar-refractivity contribution in [2.24, 2.45) is 0 Å². The second-order valence-electron chi connectivity index (χ2n) is 5.76. The van der Waals surface area contributed by atoms with Crippen molar-refractivity contribution < 1.29 is 4.79 Å². The molecule has 1 N–H and O–H groups in total. The number of aromatic nitrogens is 1. The van der Waals surface area contributed by atoms with E-state index in [4.69, 9.17) is 4.98 Å². The Morgan fingerprint density at radius 1 is 1.24 bits per heavy atom. The number of thioether (sulfide) groups is 1. The fourth-order valence-corrected chi connectivity index (χ4v) is 4.60. The largest absolute Gasteiger partial charge is 0.350 e. The van der Waals surface area contributed by atoms with Crippen LogP contribution in [0.4, 0.5) is 0 Å². The normalized spacial score (nSPS) is 12.1. The summed E-state index contributed by atoms with van der Waals surface area (Å²) in [6.07, 6.45) is 0. The first-order valence-corrected chi connectivity index (χ1v) is 10.9. The molecule has 3 nitrogen and oxygen atoms in total. The summed E-state index contributed by atoms with van der Waals surface area (Å²) in [5.41, 5.74) is 3.43. The highest BCUT2D eigenvalue weighted by atomic mass is 32.2. The van der Waals surface area contributed by atoms with E-state index in [-0.39, 0.29) is 11.2 Å². The number of nitrogens with zero attached hydrogens (tertiary/aromatic N) is 1. The van der Waals surface area contributed by atoms with E-state index < -0.39 is 0 Å². The Labute approximate surface area is 160 Å². The number of hydrogen-bond acceptors (Lipinski definition) is 5. The number of thiophene rings is 1. The van der Waals surface area contributed by atoms with E-state index >= 15 is 0 Å². The van der Waals surface area contributed by atoms with Gasteiger partial charge in [0.25, 0.3) is 0 Å². The number of carbonyl (C=O) groups excluding carboxylic acids is 1. The topological polar surface area (TPSA) is 42.0 Å². The number of aryl methyl sites for hydroxylation is 1. The second-order valence-corrected chi connectivity index (χ2v) is 8.98. The van der Waals surface area contributed by atoms with E-state index in [1.807, 2.05) is 24.4 Å². The standard InChI is InChI=1S/C19H20N2OS3/c1-13-5-7-15(8-6-13)19-21-16(12-25-19)11-24-14(2)18(22)20-10-17-4-3-9-23-17/h3-9,12,14H,10-11H2,1-2H3,(H,20,22)/t14-/m0/s1. The maximum Gasteiger partial charge on any atom is 0.233 e. The van der Waals surface area contributed by atoms with Crippen molar-refractivity contribution in [3.05, 3.63) is 63.3 Å². The molecular formula is C19H20N2OS3. The molecule has 3 aromatic rings. The van der Waals surface area contributed by atoms with Crippen molar-refractivity contribution in [3.63, 3.8) is 0 Å². The lowest BCUT2D eigenvalue weighted by molar-refractivity contribution is -0.120. The van der Waals surface area contributed by atoms with Gasteiger partial charge in [0.15, 0.2) is 0 Å². The number of thiazole rings is 1. The van der Waals surface area contributed by atoms with Gasteiger partial charge in [0, 0.05) is 21.6 Å². The maximum atomic E-state index is 12.2. The van der Waals surface area contributed by atoms with E-state index in [1.165, 1.54) is 10.4 Å². The van der Waals surface area contributed by atoms with Crippen molar-refractivity contribution in [1.29, 1.82) is 0 Å². The monoisotopic (exact) mass is 388 g/mol. The molecule has 3 rings (SSSR count). The lowest BCUT2D eigenvalue weighted by Crippen LogP contribution is -2.30. The third-order valence-electron chi connectivity index (χ3n) is 3.72. The molecule has 1 aromatic carbocycles. The fraction of sp³-hybridized carbons (Fsp3) is 0.263. The van der Waals surface area contributed by atoms with Crippen LogP contribution in [-0.4, -0.2) is 16.1 Å². The third kappa shape index (κ3) is 5.17. The molecule has 2 aromatic heterocycles. The SMILES string of the molecule is Cc1ccc(-c2nc(CS[C@@H](C)C(=O)NCc3cccs3)cs2)cc1. The predicted octanol–water partition coefficient (Wildman–Crippen LogP) is 5.12. The number of carbonyl (C=O) groups is 1. The first kappa shape index (κ1) is 18.2. The zero-order chi connectivity index (χ0) is 17.6. The minimum atomic E-state index is -0.0931. The van der Waals surface area contributed by atoms with Crippen molar-refractivity contribution in [1.82, 2.24) is 10.3 Å². The molecule has 6 heteroatoms. The molecule has 0 aliphatic rings. The molecule has 0 unspecified atom stereocenters. The molecule has 1 atom stereocenters. The van der Waals surface area contributed by atoms with E-state index in [1.54, 1.807) is 34.4 Å². The van der Waals surface area contributed by atoms with Crippen LogP contribution in [0.3, 0.4) is 0 Å². The summed E-state index contributed by atoms with van der Waals surface area (Å²) < 4.78 is 0. The van der Waals surface area contributed by atoms with Gasteiger partial charge in [-0.15, -0.1) is 34.4 Å². The Balaban J connectivity index is 1.49. The second kappa shape index (κ2) is 8.65. The van der Waals surface area contributed by atoms with Crippen LogP contribution in [0.2, 0.25) is 0 Å². The summed E-state index contributed by atoms with van der Waals surface area (Å²) in [5, 5.41) is 8.03. The van der Waals surface area contributed by atoms with Crippen LogP contribution in [0, 0.1) is 6.92 Å². The van der Waals surface area contributed by atoms with Gasteiger partial charge < -0.3 is 5.32 Å². The highest BCUT2D eigenvalue weighted by molar-refractivity contribution is 7.99. The van der Waals surface area contributed by atoms with Crippen LogP contribution in [0.15, 0.2) is 47.2 Å². The van der Waals surface area contributed by atoms with Gasteiger partial charge in [0.2, 0.25) is 5.91 Å². The van der Waals surface area contributed by atoms with Crippen LogP contribution < -0.4 is 5.32 Å². The molecule has 0 bridgehead atoms. The Kier molecular flexibility index (Phi) is 6.29. The van der Waals surface area contributed by atoms with Crippen LogP contribution in [0.25, 0.3) is 10.6 Å². The van der Waals surface area contributed by atoms with Gasteiger partial charge in [-0.1, -0.05) is 35.9 Å². The van der Waals surface area contributed by atoms with E-state index in [0.29, 0.717) is 6.54 Å². The van der Waals surface area contributed by atoms with Gasteiger partial charge in [0.1, 0.15) is 5.01 Å². The molecule has 0 aliphatic heterocycles. The first-order chi connectivity index (χ1) is 12.1. The van der Waals surface area contributed by atoms with Gasteiger partial charge in [-0.05, 0) is 25.3 Å². The molecule has 0 radical (unpaired) electrons. The van der Waals surface area contributed by atoms with Gasteiger partial charge in [-0.3, -0.25) is 4.79 Å². The summed E-state index contributed by atoms with van der Waals surface area (Å²) in [7, 11) is 0. The number of nitrogens with one attached hydrogen (secondary N) is 1. The molecule has 0 fully saturated rings. The van der Waals surface area contributed by atoms with Crippen LogP contribution in [0.5, 0.6) is 0 Å². The molecule has 0 saturated carbocycles. The van der Waals surface area contributed by atoms with Gasteiger partial charge in [0.05, 0.1) is 17.5 Å². The van der Waals surface area contributed by atoms with Crippen LogP contribution in [0.1, 0.15) is 23.1 Å². The van der Waals surface area contributed by atoms with Gasteiger partial charge >= 0.3 is 0 Å². The predicted molar refractivity (Wildman–Crippen MR) is 109 cm³/mol. The number of hydrogen-bond donors (Lipinski definition) is 1. The van der Waals surface area contributed by atoms with Crippen molar-refractivity contribution in [2.75, 3.05) is 0 Å². The Morgan fingerprint density at radius 2 is 2.04 bits per heavy atom. The lowest BCUT2D eigenvalue weighted by Gasteiger charge is -2.10.